The molecule has 0 aromatic heterocycles. The Bertz CT molecular complexity index is 3620. The highest BCUT2D eigenvalue weighted by atomic mass is 32.2. The first-order valence-corrected chi connectivity index (χ1v) is 27.4. The average molecular weight is 1130 g/mol. The summed E-state index contributed by atoms with van der Waals surface area (Å²) >= 11 is 0. The first-order valence-electron chi connectivity index (χ1n) is 24.6. The standard InChI is InChI=1S/C31H29NO9S.C27H21NO9S/c1-5-16-38-29(35)23(18-27(33)41-30(2,3)4)32-28(34)22-17-24-25(19-26(22)42(32,36)37)40-31(39-24,20-12-8-6-9-13-20)21-14-10-7-11-15-21;1-2-13-35-26(32)20(15-24(29)30)28-25(31)19-14-21-22(16-23(19)38(28,33)34)37-27(36-21,17-9-5-3-6-10-17)18-11-7-4-8-12-18/h5-15,17,19,23H,1,16,18H2,2-4H3;2-12,14,16,20H,1,13,15H2,(H,29,30)/t23-;20-/m00/s1. The maximum atomic E-state index is 13.8. The van der Waals surface area contributed by atoms with E-state index in [-0.39, 0.29) is 51.6 Å². The first-order chi connectivity index (χ1) is 38.1. The Morgan fingerprint density at radius 1 is 0.550 bits per heavy atom. The molecule has 4 aliphatic heterocycles. The number of carbonyl (C=O) groups is 6. The Balaban J connectivity index is 0.000000195. The van der Waals surface area contributed by atoms with Gasteiger partial charge in [-0.3, -0.25) is 19.2 Å². The van der Waals surface area contributed by atoms with E-state index in [0.29, 0.717) is 26.6 Å². The molecular weight excluding hydrogens is 1080 g/mol. The first kappa shape index (κ1) is 55.5. The lowest BCUT2D eigenvalue weighted by Gasteiger charge is -2.28. The van der Waals surface area contributed by atoms with Crippen molar-refractivity contribution in [2.75, 3.05) is 13.2 Å². The number of rotatable bonds is 16. The van der Waals surface area contributed by atoms with Crippen molar-refractivity contribution in [3.05, 3.63) is 204 Å². The number of hydrogen-bond acceptors (Lipinski definition) is 17. The third-order valence-corrected chi connectivity index (χ3v) is 16.3. The third kappa shape index (κ3) is 10.2. The Morgan fingerprint density at radius 2 is 0.863 bits per heavy atom. The van der Waals surface area contributed by atoms with Crippen LogP contribution in [0.15, 0.2) is 181 Å². The van der Waals surface area contributed by atoms with Crippen molar-refractivity contribution < 1.29 is 83.9 Å². The van der Waals surface area contributed by atoms with Gasteiger partial charge in [-0.25, -0.2) is 35.0 Å². The molecule has 10 rings (SSSR count). The van der Waals surface area contributed by atoms with E-state index in [1.54, 1.807) is 69.3 Å². The van der Waals surface area contributed by atoms with Crippen molar-refractivity contribution in [3.8, 4) is 23.0 Å². The van der Waals surface area contributed by atoms with E-state index >= 15 is 0 Å². The van der Waals surface area contributed by atoms with Gasteiger partial charge in [0.2, 0.25) is 0 Å². The van der Waals surface area contributed by atoms with Gasteiger partial charge in [-0.1, -0.05) is 147 Å². The molecule has 80 heavy (non-hydrogen) atoms. The number of aliphatic carboxylic acids is 1. The second kappa shape index (κ2) is 21.5. The summed E-state index contributed by atoms with van der Waals surface area (Å²) in [5.41, 5.74) is 1.12. The molecule has 22 heteroatoms. The summed E-state index contributed by atoms with van der Waals surface area (Å²) in [6.07, 6.45) is 0.787. The van der Waals surface area contributed by atoms with Gasteiger partial charge in [-0.15, -0.1) is 0 Å². The van der Waals surface area contributed by atoms with Gasteiger partial charge < -0.3 is 38.3 Å². The van der Waals surface area contributed by atoms with Crippen LogP contribution in [-0.2, 0) is 65.0 Å². The zero-order chi connectivity index (χ0) is 57.4. The average Bonchev–Trinajstić information content (AvgIpc) is 4.33. The predicted octanol–water partition coefficient (Wildman–Crippen LogP) is 7.41. The van der Waals surface area contributed by atoms with Gasteiger partial charge in [0, 0.05) is 34.4 Å². The normalized spacial score (nSPS) is 16.9. The van der Waals surface area contributed by atoms with E-state index < -0.39 is 108 Å². The molecule has 0 unspecified atom stereocenters. The number of hydrogen-bond donors (Lipinski definition) is 1. The van der Waals surface area contributed by atoms with Crippen molar-refractivity contribution >= 4 is 55.7 Å². The van der Waals surface area contributed by atoms with Gasteiger partial charge in [-0.05, 0) is 32.9 Å². The zero-order valence-electron chi connectivity index (χ0n) is 43.0. The summed E-state index contributed by atoms with van der Waals surface area (Å²) in [4.78, 5) is 75.9. The fourth-order valence-electron chi connectivity index (χ4n) is 9.25. The SMILES string of the molecule is C=CCOC(=O)[C@H](CC(=O)O)N1C(=O)c2cc3c(cc2S1(=O)=O)OC(c1ccccc1)(c1ccccc1)O3.C=CCOC(=O)[C@H](CC(=O)OC(C)(C)C)N1C(=O)c2cc3c(cc2S1(=O)=O)OC(c1ccccc1)(c1ccccc1)O3. The van der Waals surface area contributed by atoms with Gasteiger partial charge in [-0.2, -0.15) is 0 Å². The zero-order valence-corrected chi connectivity index (χ0v) is 44.6. The van der Waals surface area contributed by atoms with Crippen molar-refractivity contribution in [2.45, 2.75) is 72.7 Å². The minimum atomic E-state index is -4.64. The molecule has 0 aliphatic carbocycles. The molecule has 0 radical (unpaired) electrons. The summed E-state index contributed by atoms with van der Waals surface area (Å²) in [5.74, 6) is -9.29. The van der Waals surface area contributed by atoms with Crippen LogP contribution in [0.3, 0.4) is 0 Å². The Kier molecular flexibility index (Phi) is 14.9. The van der Waals surface area contributed by atoms with Crippen LogP contribution in [0.25, 0.3) is 0 Å². The fraction of sp³-hybridized carbons (Fsp3) is 0.207. The molecular formula is C58H50N2O18S2. The monoisotopic (exact) mass is 1130 g/mol. The molecule has 1 N–H and O–H groups in total. The Hall–Kier alpha value is -9.28. The third-order valence-electron chi connectivity index (χ3n) is 12.6. The molecule has 0 spiro atoms. The Labute approximate surface area is 459 Å². The lowest BCUT2D eigenvalue weighted by Crippen LogP contribution is -2.47. The summed E-state index contributed by atoms with van der Waals surface area (Å²) in [6.45, 7) is 11.2. The molecule has 20 nitrogen and oxygen atoms in total. The molecule has 6 aromatic rings. The quantitative estimate of drug-likeness (QED) is 0.0562. The van der Waals surface area contributed by atoms with Crippen molar-refractivity contribution in [1.82, 2.24) is 8.61 Å². The van der Waals surface area contributed by atoms with Crippen molar-refractivity contribution in [1.29, 1.82) is 0 Å². The van der Waals surface area contributed by atoms with Crippen LogP contribution in [0.1, 0.15) is 76.6 Å². The van der Waals surface area contributed by atoms with Crippen LogP contribution in [-0.4, -0.2) is 97.1 Å². The molecule has 2 amide bonds. The summed E-state index contributed by atoms with van der Waals surface area (Å²) in [6, 6.07) is 37.4. The number of nitrogens with zero attached hydrogens (tertiary/aromatic N) is 2. The van der Waals surface area contributed by atoms with Gasteiger partial charge in [0.05, 0.1) is 24.0 Å². The van der Waals surface area contributed by atoms with E-state index in [9.17, 15) is 50.7 Å². The molecule has 4 heterocycles. The van der Waals surface area contributed by atoms with Crippen molar-refractivity contribution in [3.63, 3.8) is 0 Å². The molecule has 2 atom stereocenters. The van der Waals surface area contributed by atoms with Crippen molar-refractivity contribution in [2.24, 2.45) is 0 Å². The number of carboxylic acid groups (broad SMARTS) is 1. The van der Waals surface area contributed by atoms with E-state index in [4.69, 9.17) is 33.2 Å². The second-order valence-corrected chi connectivity index (χ2v) is 22.7. The van der Waals surface area contributed by atoms with Crippen LogP contribution in [0.5, 0.6) is 23.0 Å². The molecule has 4 aliphatic rings. The molecule has 6 aromatic carbocycles. The summed E-state index contributed by atoms with van der Waals surface area (Å²) in [5, 5.41) is 9.30. The molecule has 412 valence electrons. The van der Waals surface area contributed by atoms with E-state index in [1.807, 2.05) is 72.8 Å². The van der Waals surface area contributed by atoms with E-state index in [0.717, 1.165) is 6.07 Å². The smallest absolute Gasteiger partial charge is 0.331 e. The highest BCUT2D eigenvalue weighted by Crippen LogP contribution is 2.53. The van der Waals surface area contributed by atoms with E-state index in [2.05, 4.69) is 13.2 Å². The summed E-state index contributed by atoms with van der Waals surface area (Å²) in [7, 11) is -9.27. The van der Waals surface area contributed by atoms with Crippen LogP contribution in [0.4, 0.5) is 0 Å². The molecule has 0 fully saturated rings. The fourth-order valence-corrected chi connectivity index (χ4v) is 12.7. The highest BCUT2D eigenvalue weighted by molar-refractivity contribution is 7.90. The van der Waals surface area contributed by atoms with E-state index in [1.165, 1.54) is 30.4 Å². The number of fused-ring (bicyclic) bond motifs is 4. The highest BCUT2D eigenvalue weighted by Gasteiger charge is 2.55. The Morgan fingerprint density at radius 3 is 1.16 bits per heavy atom. The topological polar surface area (TPSA) is 262 Å². The lowest BCUT2D eigenvalue weighted by molar-refractivity contribution is -0.160. The van der Waals surface area contributed by atoms with Gasteiger partial charge in [0.15, 0.2) is 35.1 Å². The predicted molar refractivity (Wildman–Crippen MR) is 282 cm³/mol. The van der Waals surface area contributed by atoms with Gasteiger partial charge in [0.25, 0.3) is 31.9 Å². The number of carboxylic acids is 1. The van der Waals surface area contributed by atoms with Crippen LogP contribution >= 0.6 is 0 Å². The van der Waals surface area contributed by atoms with Gasteiger partial charge in [0.1, 0.15) is 28.6 Å². The summed E-state index contributed by atoms with van der Waals surface area (Å²) < 4.78 is 95.7. The molecule has 0 saturated heterocycles. The van der Waals surface area contributed by atoms with Crippen LogP contribution < -0.4 is 18.9 Å². The van der Waals surface area contributed by atoms with Crippen LogP contribution in [0, 0.1) is 0 Å². The minimum Gasteiger partial charge on any atom is -0.481 e. The number of benzene rings is 6. The molecule has 0 bridgehead atoms. The minimum absolute atomic E-state index is 0.0544. The largest absolute Gasteiger partial charge is 0.481 e. The van der Waals surface area contributed by atoms with Gasteiger partial charge >= 0.3 is 35.5 Å². The number of carbonyl (C=O) groups excluding carboxylic acids is 5. The number of esters is 3. The molecule has 0 saturated carbocycles. The van der Waals surface area contributed by atoms with Crippen LogP contribution in [0.2, 0.25) is 0 Å². The number of amides is 2. The number of sulfonamides is 2. The lowest BCUT2D eigenvalue weighted by atomic mass is 9.97. The maximum Gasteiger partial charge on any atom is 0.331 e. The number of ether oxygens (including phenoxy) is 7. The second-order valence-electron chi connectivity index (χ2n) is 19.2. The maximum absolute atomic E-state index is 13.8.